The van der Waals surface area contributed by atoms with Crippen molar-refractivity contribution in [1.29, 1.82) is 0 Å². The van der Waals surface area contributed by atoms with E-state index in [-0.39, 0.29) is 19.5 Å². The predicted octanol–water partition coefficient (Wildman–Crippen LogP) is 1.87. The van der Waals surface area contributed by atoms with Gasteiger partial charge in [-0.3, -0.25) is 0 Å². The first-order valence-corrected chi connectivity index (χ1v) is 2.26. The van der Waals surface area contributed by atoms with Crippen LogP contribution in [0, 0.1) is 6.92 Å². The van der Waals surface area contributed by atoms with E-state index in [1.54, 1.807) is 0 Å². The molecule has 1 aromatic rings. The van der Waals surface area contributed by atoms with E-state index in [4.69, 9.17) is 0 Å². The molecule has 0 atom stereocenters. The summed E-state index contributed by atoms with van der Waals surface area (Å²) in [6.45, 7) is 3.72. The van der Waals surface area contributed by atoms with Crippen molar-refractivity contribution >= 4 is 0 Å². The standard InChI is InChI=1S/C7H7.Zn/c1-7-5-3-2-4-6-7;/h2-6H,1H2;/q-1;+2. The topological polar surface area (TPSA) is 0 Å². The van der Waals surface area contributed by atoms with Crippen LogP contribution in [0.2, 0.25) is 0 Å². The van der Waals surface area contributed by atoms with Crippen LogP contribution >= 0.6 is 0 Å². The third-order valence-corrected chi connectivity index (χ3v) is 0.843. The van der Waals surface area contributed by atoms with Crippen LogP contribution < -0.4 is 0 Å². The minimum Gasteiger partial charge on any atom is -0.199 e. The molecule has 36 valence electrons. The van der Waals surface area contributed by atoms with Gasteiger partial charge in [-0.15, -0.1) is 12.1 Å². The maximum atomic E-state index is 3.72. The molecule has 0 bridgehead atoms. The number of rotatable bonds is 0. The molecule has 0 fully saturated rings. The Kier molecular flexibility index (Phi) is 3.55. The molecule has 0 spiro atoms. The second-order valence-corrected chi connectivity index (χ2v) is 1.49. The summed E-state index contributed by atoms with van der Waals surface area (Å²) in [6, 6.07) is 9.87. The van der Waals surface area contributed by atoms with Crippen molar-refractivity contribution in [3.8, 4) is 0 Å². The average Bonchev–Trinajstić information content (AvgIpc) is 1.69. The summed E-state index contributed by atoms with van der Waals surface area (Å²) in [5, 5.41) is 0. The van der Waals surface area contributed by atoms with Crippen LogP contribution in [0.15, 0.2) is 30.3 Å². The normalized spacial score (nSPS) is 7.50. The first kappa shape index (κ1) is 7.71. The quantitative estimate of drug-likeness (QED) is 0.397. The Bertz CT molecular complexity index is 134. The third kappa shape index (κ3) is 2.13. The molecule has 0 unspecified atom stereocenters. The number of benzene rings is 1. The largest absolute Gasteiger partial charge is 2.00 e. The molecule has 0 aliphatic rings. The van der Waals surface area contributed by atoms with Crippen molar-refractivity contribution in [3.05, 3.63) is 42.8 Å². The van der Waals surface area contributed by atoms with Crippen molar-refractivity contribution in [2.45, 2.75) is 0 Å². The number of hydrogen-bond acceptors (Lipinski definition) is 0. The van der Waals surface area contributed by atoms with E-state index in [1.807, 2.05) is 30.3 Å². The SMILES string of the molecule is [CH2-]c1ccccc1.[Zn+2]. The molecular formula is C7H7Zn+. The van der Waals surface area contributed by atoms with Crippen molar-refractivity contribution in [3.63, 3.8) is 0 Å². The number of hydrogen-bond donors (Lipinski definition) is 0. The molecule has 8 heavy (non-hydrogen) atoms. The molecule has 0 saturated carbocycles. The van der Waals surface area contributed by atoms with E-state index < -0.39 is 0 Å². The molecule has 0 aliphatic heterocycles. The van der Waals surface area contributed by atoms with Crippen LogP contribution in [-0.2, 0) is 19.5 Å². The van der Waals surface area contributed by atoms with Crippen LogP contribution in [0.4, 0.5) is 0 Å². The molecule has 0 aromatic heterocycles. The molecule has 0 saturated heterocycles. The van der Waals surface area contributed by atoms with Gasteiger partial charge in [0.2, 0.25) is 0 Å². The van der Waals surface area contributed by atoms with Gasteiger partial charge in [0.15, 0.2) is 0 Å². The van der Waals surface area contributed by atoms with E-state index in [0.717, 1.165) is 5.56 Å². The molecular weight excluding hydrogens is 149 g/mol. The Labute approximate surface area is 62.7 Å². The minimum absolute atomic E-state index is 0. The van der Waals surface area contributed by atoms with Crippen molar-refractivity contribution < 1.29 is 19.5 Å². The average molecular weight is 157 g/mol. The summed E-state index contributed by atoms with van der Waals surface area (Å²) < 4.78 is 0. The fraction of sp³-hybridized carbons (Fsp3) is 0. The Morgan fingerprint density at radius 3 is 1.75 bits per heavy atom. The van der Waals surface area contributed by atoms with Gasteiger partial charge in [0.1, 0.15) is 0 Å². The van der Waals surface area contributed by atoms with Crippen LogP contribution in [0.25, 0.3) is 0 Å². The van der Waals surface area contributed by atoms with Crippen LogP contribution in [0.5, 0.6) is 0 Å². The van der Waals surface area contributed by atoms with Crippen LogP contribution in [0.3, 0.4) is 0 Å². The monoisotopic (exact) mass is 155 g/mol. The third-order valence-electron chi connectivity index (χ3n) is 0.843. The van der Waals surface area contributed by atoms with Gasteiger partial charge in [-0.25, -0.2) is 0 Å². The van der Waals surface area contributed by atoms with Crippen molar-refractivity contribution in [2.75, 3.05) is 0 Å². The molecule has 0 heterocycles. The molecule has 0 amide bonds. The summed E-state index contributed by atoms with van der Waals surface area (Å²) in [5.41, 5.74) is 1.07. The van der Waals surface area contributed by atoms with Crippen molar-refractivity contribution in [1.82, 2.24) is 0 Å². The molecule has 1 rings (SSSR count). The second kappa shape index (κ2) is 3.68. The molecule has 1 aromatic carbocycles. The first-order chi connectivity index (χ1) is 3.39. The van der Waals surface area contributed by atoms with E-state index in [0.29, 0.717) is 0 Å². The molecule has 0 nitrogen and oxygen atoms in total. The summed E-state index contributed by atoms with van der Waals surface area (Å²) >= 11 is 0. The fourth-order valence-corrected chi connectivity index (χ4v) is 0.478. The molecule has 0 N–H and O–H groups in total. The molecule has 1 heteroatoms. The summed E-state index contributed by atoms with van der Waals surface area (Å²) in [4.78, 5) is 0. The molecule has 0 aliphatic carbocycles. The summed E-state index contributed by atoms with van der Waals surface area (Å²) in [5.74, 6) is 0. The van der Waals surface area contributed by atoms with E-state index >= 15 is 0 Å². The minimum atomic E-state index is 0. The van der Waals surface area contributed by atoms with Gasteiger partial charge in [-0.1, -0.05) is 6.07 Å². The smallest absolute Gasteiger partial charge is 0.199 e. The van der Waals surface area contributed by atoms with E-state index in [2.05, 4.69) is 6.92 Å². The zero-order chi connectivity index (χ0) is 5.11. The van der Waals surface area contributed by atoms with Gasteiger partial charge in [-0.05, 0) is 0 Å². The summed E-state index contributed by atoms with van der Waals surface area (Å²) in [7, 11) is 0. The van der Waals surface area contributed by atoms with Gasteiger partial charge in [0.25, 0.3) is 0 Å². The van der Waals surface area contributed by atoms with Gasteiger partial charge in [0.05, 0.1) is 0 Å². The maximum Gasteiger partial charge on any atom is 2.00 e. The Morgan fingerprint density at radius 2 is 1.50 bits per heavy atom. The summed E-state index contributed by atoms with van der Waals surface area (Å²) in [6.07, 6.45) is 0. The second-order valence-electron chi connectivity index (χ2n) is 1.49. The first-order valence-electron chi connectivity index (χ1n) is 2.26. The Balaban J connectivity index is 0.000000490. The van der Waals surface area contributed by atoms with Crippen molar-refractivity contribution in [2.24, 2.45) is 0 Å². The zero-order valence-electron chi connectivity index (χ0n) is 4.80. The molecule has 0 radical (unpaired) electrons. The predicted molar refractivity (Wildman–Crippen MR) is 30.9 cm³/mol. The van der Waals surface area contributed by atoms with Gasteiger partial charge < -0.3 is 0 Å². The Hall–Kier alpha value is -0.287. The van der Waals surface area contributed by atoms with Gasteiger partial charge in [-0.2, -0.15) is 24.6 Å². The maximum absolute atomic E-state index is 3.72. The van der Waals surface area contributed by atoms with Gasteiger partial charge >= 0.3 is 19.5 Å². The van der Waals surface area contributed by atoms with Crippen LogP contribution in [-0.4, -0.2) is 0 Å². The zero-order valence-corrected chi connectivity index (χ0v) is 7.77. The van der Waals surface area contributed by atoms with Gasteiger partial charge in [0, 0.05) is 0 Å². The van der Waals surface area contributed by atoms with E-state index in [9.17, 15) is 0 Å². The fourth-order valence-electron chi connectivity index (χ4n) is 0.478. The Morgan fingerprint density at radius 1 is 1.00 bits per heavy atom. The van der Waals surface area contributed by atoms with Crippen LogP contribution in [0.1, 0.15) is 5.56 Å². The van der Waals surface area contributed by atoms with E-state index in [1.165, 1.54) is 0 Å².